The lowest BCUT2D eigenvalue weighted by Crippen LogP contribution is -2.16. The topological polar surface area (TPSA) is 64.6 Å². The molecule has 0 radical (unpaired) electrons. The van der Waals surface area contributed by atoms with Crippen molar-refractivity contribution in [3.63, 3.8) is 0 Å². The van der Waals surface area contributed by atoms with Crippen LogP contribution in [0.1, 0.15) is 0 Å². The lowest BCUT2D eigenvalue weighted by Gasteiger charge is -2.13. The predicted octanol–water partition coefficient (Wildman–Crippen LogP) is 3.94. The van der Waals surface area contributed by atoms with Gasteiger partial charge in [-0.05, 0) is 6.07 Å². The predicted molar refractivity (Wildman–Crippen MR) is 82.2 cm³/mol. The van der Waals surface area contributed by atoms with Gasteiger partial charge in [0.1, 0.15) is 5.70 Å². The Bertz CT molecular complexity index is 616. The Morgan fingerprint density at radius 1 is 1.05 bits per heavy atom. The molecule has 0 aromatic heterocycles. The molecule has 9 heteroatoms. The number of nitrogens with one attached hydrogen (secondary N) is 1. The van der Waals surface area contributed by atoms with E-state index in [0.29, 0.717) is 0 Å². The quantitative estimate of drug-likeness (QED) is 0.375. The van der Waals surface area contributed by atoms with Crippen LogP contribution in [0, 0.1) is 0 Å². The number of esters is 2. The molecular weight excluding hydrogens is 364 g/mol. The van der Waals surface area contributed by atoms with E-state index in [4.69, 9.17) is 46.4 Å². The van der Waals surface area contributed by atoms with Crippen molar-refractivity contribution in [2.24, 2.45) is 0 Å². The van der Waals surface area contributed by atoms with Crippen LogP contribution in [0.15, 0.2) is 17.8 Å². The monoisotopic (exact) mass is 371 g/mol. The number of methoxy groups -OCH3 is 2. The summed E-state index contributed by atoms with van der Waals surface area (Å²) in [4.78, 5) is 22.9. The minimum atomic E-state index is -0.821. The molecule has 0 saturated carbocycles. The van der Waals surface area contributed by atoms with Gasteiger partial charge >= 0.3 is 11.9 Å². The van der Waals surface area contributed by atoms with E-state index in [2.05, 4.69) is 14.8 Å². The Morgan fingerprint density at radius 2 is 1.67 bits per heavy atom. The Balaban J connectivity index is 3.28. The van der Waals surface area contributed by atoms with Crippen LogP contribution in [0.5, 0.6) is 0 Å². The highest BCUT2D eigenvalue weighted by atomic mass is 35.5. The number of ether oxygens (including phenoxy) is 2. The van der Waals surface area contributed by atoms with E-state index >= 15 is 0 Å². The first kappa shape index (κ1) is 17.9. The van der Waals surface area contributed by atoms with Gasteiger partial charge < -0.3 is 14.8 Å². The maximum Gasteiger partial charge on any atom is 0.354 e. The van der Waals surface area contributed by atoms with Gasteiger partial charge in [0, 0.05) is 0 Å². The van der Waals surface area contributed by atoms with Crippen molar-refractivity contribution >= 4 is 64.0 Å². The molecule has 1 aromatic rings. The lowest BCUT2D eigenvalue weighted by molar-refractivity contribution is -0.138. The van der Waals surface area contributed by atoms with Crippen molar-refractivity contribution in [3.8, 4) is 0 Å². The largest absolute Gasteiger partial charge is 0.466 e. The fourth-order valence-corrected chi connectivity index (χ4v) is 2.26. The van der Waals surface area contributed by atoms with Crippen molar-refractivity contribution in [2.75, 3.05) is 19.5 Å². The number of anilines is 1. The number of halogens is 4. The molecule has 0 heterocycles. The average molecular weight is 373 g/mol. The van der Waals surface area contributed by atoms with Crippen LogP contribution in [-0.4, -0.2) is 26.2 Å². The van der Waals surface area contributed by atoms with Crippen LogP contribution in [0.4, 0.5) is 5.69 Å². The van der Waals surface area contributed by atoms with Gasteiger partial charge in [-0.2, -0.15) is 0 Å². The molecule has 0 aliphatic rings. The molecule has 1 N–H and O–H groups in total. The number of benzene rings is 1. The molecular formula is C12H9Cl4NO4. The van der Waals surface area contributed by atoms with E-state index in [1.54, 1.807) is 0 Å². The Labute approximate surface area is 140 Å². The number of rotatable bonds is 4. The molecule has 0 unspecified atom stereocenters. The van der Waals surface area contributed by atoms with Gasteiger partial charge in [-0.3, -0.25) is 0 Å². The van der Waals surface area contributed by atoms with Gasteiger partial charge in [0.2, 0.25) is 0 Å². The molecule has 0 fully saturated rings. The number of hydrogen-bond acceptors (Lipinski definition) is 5. The molecule has 0 atom stereocenters. The first-order chi connectivity index (χ1) is 9.81. The first-order valence-corrected chi connectivity index (χ1v) is 6.81. The van der Waals surface area contributed by atoms with E-state index in [1.807, 2.05) is 0 Å². The maximum atomic E-state index is 11.6. The molecule has 21 heavy (non-hydrogen) atoms. The number of carbonyl (C=O) groups excluding carboxylic acids is 2. The Kier molecular flexibility index (Phi) is 6.61. The molecule has 1 aromatic carbocycles. The molecule has 0 amide bonds. The Morgan fingerprint density at radius 3 is 2.19 bits per heavy atom. The van der Waals surface area contributed by atoms with Crippen LogP contribution in [0.2, 0.25) is 20.1 Å². The Hall–Kier alpha value is -1.14. The molecule has 0 aliphatic carbocycles. The first-order valence-electron chi connectivity index (χ1n) is 5.29. The van der Waals surface area contributed by atoms with Crippen molar-refractivity contribution in [2.45, 2.75) is 0 Å². The molecule has 0 aliphatic heterocycles. The van der Waals surface area contributed by atoms with E-state index in [9.17, 15) is 9.59 Å². The van der Waals surface area contributed by atoms with E-state index in [-0.39, 0.29) is 31.5 Å². The van der Waals surface area contributed by atoms with Crippen LogP contribution >= 0.6 is 46.4 Å². The van der Waals surface area contributed by atoms with E-state index < -0.39 is 11.9 Å². The van der Waals surface area contributed by atoms with Crippen molar-refractivity contribution in [1.82, 2.24) is 0 Å². The van der Waals surface area contributed by atoms with Crippen molar-refractivity contribution in [1.29, 1.82) is 0 Å². The second-order valence-electron chi connectivity index (χ2n) is 3.54. The molecule has 0 bridgehead atoms. The second-order valence-corrected chi connectivity index (χ2v) is 5.11. The number of hydrogen-bond donors (Lipinski definition) is 1. The summed E-state index contributed by atoms with van der Waals surface area (Å²) >= 11 is 23.7. The summed E-state index contributed by atoms with van der Waals surface area (Å²) in [6.45, 7) is 0. The average Bonchev–Trinajstić information content (AvgIpc) is 2.46. The van der Waals surface area contributed by atoms with Gasteiger partial charge in [0.15, 0.2) is 0 Å². The van der Waals surface area contributed by atoms with Crippen LogP contribution in [0.25, 0.3) is 0 Å². The third-order valence-electron chi connectivity index (χ3n) is 2.24. The van der Waals surface area contributed by atoms with Crippen LogP contribution in [0.3, 0.4) is 0 Å². The summed E-state index contributed by atoms with van der Waals surface area (Å²) in [6, 6.07) is 1.34. The third-order valence-corrected chi connectivity index (χ3v) is 3.80. The fourth-order valence-electron chi connectivity index (χ4n) is 1.25. The number of carbonyl (C=O) groups is 2. The zero-order chi connectivity index (χ0) is 16.2. The van der Waals surface area contributed by atoms with Gasteiger partial charge in [-0.1, -0.05) is 46.4 Å². The highest BCUT2D eigenvalue weighted by Gasteiger charge is 2.19. The molecule has 114 valence electrons. The SMILES string of the molecule is COC(=O)/C=C(/Nc1c(Cl)cc(Cl)c(Cl)c1Cl)C(=O)OC. The minimum Gasteiger partial charge on any atom is -0.466 e. The van der Waals surface area contributed by atoms with Crippen LogP contribution in [-0.2, 0) is 19.1 Å². The zero-order valence-electron chi connectivity index (χ0n) is 10.8. The van der Waals surface area contributed by atoms with Gasteiger partial charge in [0.25, 0.3) is 0 Å². The van der Waals surface area contributed by atoms with Crippen molar-refractivity contribution < 1.29 is 19.1 Å². The molecule has 1 rings (SSSR count). The zero-order valence-corrected chi connectivity index (χ0v) is 13.8. The van der Waals surface area contributed by atoms with Gasteiger partial charge in [-0.25, -0.2) is 9.59 Å². The van der Waals surface area contributed by atoms with Crippen LogP contribution < -0.4 is 5.32 Å². The maximum absolute atomic E-state index is 11.6. The summed E-state index contributed by atoms with van der Waals surface area (Å²) < 4.78 is 8.98. The standard InChI is InChI=1S/C12H9Cl4NO4/c1-20-8(18)4-7(12(19)21-2)17-11-6(14)3-5(13)9(15)10(11)16/h3-4,17H,1-2H3/b7-4+. The van der Waals surface area contributed by atoms with Gasteiger partial charge in [0.05, 0.1) is 46.1 Å². The second kappa shape index (κ2) is 7.75. The minimum absolute atomic E-state index is 0.00571. The summed E-state index contributed by atoms with van der Waals surface area (Å²) in [5.41, 5.74) is -0.125. The lowest BCUT2D eigenvalue weighted by atomic mass is 10.3. The van der Waals surface area contributed by atoms with E-state index in [1.165, 1.54) is 6.07 Å². The summed E-state index contributed by atoms with van der Waals surface area (Å²) in [5.74, 6) is -1.59. The smallest absolute Gasteiger partial charge is 0.354 e. The van der Waals surface area contributed by atoms with Gasteiger partial charge in [-0.15, -0.1) is 0 Å². The fraction of sp³-hybridized carbons (Fsp3) is 0.167. The van der Waals surface area contributed by atoms with E-state index in [0.717, 1.165) is 20.3 Å². The third kappa shape index (κ3) is 4.41. The molecule has 0 spiro atoms. The van der Waals surface area contributed by atoms with Crippen molar-refractivity contribution in [3.05, 3.63) is 37.9 Å². The highest BCUT2D eigenvalue weighted by molar-refractivity contribution is 6.51. The molecule has 0 saturated heterocycles. The summed E-state index contributed by atoms with van der Waals surface area (Å²) in [7, 11) is 2.31. The molecule has 5 nitrogen and oxygen atoms in total. The summed E-state index contributed by atoms with van der Waals surface area (Å²) in [6.07, 6.45) is 0.890. The highest BCUT2D eigenvalue weighted by Crippen LogP contribution is 2.41. The summed E-state index contributed by atoms with van der Waals surface area (Å²) in [5, 5.41) is 2.87. The normalized spacial score (nSPS) is 11.0.